The molecule has 1 saturated carbocycles. The molecular weight excluding hydrogens is 590 g/mol. The number of rotatable bonds is 4. The van der Waals surface area contributed by atoms with Gasteiger partial charge >= 0.3 is 12.1 Å². The fourth-order valence-electron chi connectivity index (χ4n) is 5.79. The third-order valence-corrected chi connectivity index (χ3v) is 8.34. The number of benzene rings is 1. The Bertz CT molecular complexity index is 1480. The van der Waals surface area contributed by atoms with E-state index in [0.717, 1.165) is 19.3 Å². The van der Waals surface area contributed by atoms with Crippen LogP contribution in [0.25, 0.3) is 11.0 Å². The van der Waals surface area contributed by atoms with Gasteiger partial charge in [0.2, 0.25) is 11.8 Å². The van der Waals surface area contributed by atoms with Crippen molar-refractivity contribution in [2.45, 2.75) is 95.0 Å². The number of hydrogen-bond donors (Lipinski definition) is 3. The van der Waals surface area contributed by atoms with Crippen molar-refractivity contribution in [1.29, 1.82) is 0 Å². The molecule has 1 aromatic heterocycles. The lowest BCUT2D eigenvalue weighted by molar-refractivity contribution is -0.145. The van der Waals surface area contributed by atoms with Gasteiger partial charge in [0.15, 0.2) is 5.15 Å². The summed E-state index contributed by atoms with van der Waals surface area (Å²) in [6.45, 7) is 5.17. The largest absolute Gasteiger partial charge is 0.479 e. The maximum atomic E-state index is 14.1. The maximum absolute atomic E-state index is 14.1. The van der Waals surface area contributed by atoms with Gasteiger partial charge in [0, 0.05) is 12.3 Å². The molecule has 236 valence electrons. The van der Waals surface area contributed by atoms with Gasteiger partial charge in [0.05, 0.1) is 17.6 Å². The minimum absolute atomic E-state index is 0.0162. The lowest BCUT2D eigenvalue weighted by Gasteiger charge is -2.30. The van der Waals surface area contributed by atoms with Gasteiger partial charge in [0.25, 0.3) is 5.88 Å². The molecule has 12 nitrogen and oxygen atoms in total. The summed E-state index contributed by atoms with van der Waals surface area (Å²) in [6.07, 6.45) is 6.02. The predicted molar refractivity (Wildman–Crippen MR) is 161 cm³/mol. The molecule has 2 aromatic rings. The molecule has 1 aliphatic carbocycles. The molecule has 5 atom stereocenters. The summed E-state index contributed by atoms with van der Waals surface area (Å²) >= 11 is 6.39. The minimum atomic E-state index is -1.44. The molecule has 13 heteroatoms. The van der Waals surface area contributed by atoms with Gasteiger partial charge in [-0.05, 0) is 58.6 Å². The minimum Gasteiger partial charge on any atom is -0.479 e. The zero-order valence-electron chi connectivity index (χ0n) is 25.0. The molecule has 0 radical (unpaired) electrons. The summed E-state index contributed by atoms with van der Waals surface area (Å²) in [6, 6.07) is 5.12. The molecule has 0 bridgehead atoms. The van der Waals surface area contributed by atoms with Gasteiger partial charge in [-0.2, -0.15) is 0 Å². The molecular formula is C31H38ClN5O7. The Labute approximate surface area is 260 Å². The number of aliphatic carboxylic acids is 1. The molecule has 5 rings (SSSR count). The van der Waals surface area contributed by atoms with E-state index < -0.39 is 53.2 Å². The average Bonchev–Trinajstić information content (AvgIpc) is 3.48. The van der Waals surface area contributed by atoms with Crippen molar-refractivity contribution in [2.75, 3.05) is 6.54 Å². The molecule has 3 aliphatic rings. The topological polar surface area (TPSA) is 160 Å². The molecule has 44 heavy (non-hydrogen) atoms. The first-order chi connectivity index (χ1) is 20.9. The summed E-state index contributed by atoms with van der Waals surface area (Å²) in [4.78, 5) is 63.1. The van der Waals surface area contributed by atoms with Crippen LogP contribution in [0.1, 0.15) is 65.7 Å². The van der Waals surface area contributed by atoms with E-state index in [1.165, 1.54) is 4.90 Å². The molecule has 3 heterocycles. The second-order valence-corrected chi connectivity index (χ2v) is 13.0. The van der Waals surface area contributed by atoms with Crippen LogP contribution < -0.4 is 15.4 Å². The highest BCUT2D eigenvalue weighted by Gasteiger charge is 2.61. The van der Waals surface area contributed by atoms with Crippen molar-refractivity contribution in [3.63, 3.8) is 0 Å². The number of hydrogen-bond acceptors (Lipinski definition) is 8. The van der Waals surface area contributed by atoms with Crippen LogP contribution in [0.3, 0.4) is 0 Å². The number of carbonyl (C=O) groups is 4. The molecule has 1 aromatic carbocycles. The third-order valence-electron chi connectivity index (χ3n) is 8.09. The van der Waals surface area contributed by atoms with E-state index in [0.29, 0.717) is 23.9 Å². The molecule has 2 fully saturated rings. The molecule has 3 N–H and O–H groups in total. The Morgan fingerprint density at radius 1 is 1.14 bits per heavy atom. The Morgan fingerprint density at radius 3 is 2.57 bits per heavy atom. The second-order valence-electron chi connectivity index (χ2n) is 12.6. The number of para-hydroxylation sites is 2. The Hall–Kier alpha value is -3.93. The Kier molecular flexibility index (Phi) is 9.01. The van der Waals surface area contributed by atoms with Gasteiger partial charge in [-0.3, -0.25) is 9.59 Å². The number of nitrogens with zero attached hydrogens (tertiary/aromatic N) is 3. The zero-order valence-corrected chi connectivity index (χ0v) is 25.8. The summed E-state index contributed by atoms with van der Waals surface area (Å²) < 4.78 is 11.6. The van der Waals surface area contributed by atoms with Crippen LogP contribution in [-0.2, 0) is 19.1 Å². The molecule has 0 spiro atoms. The number of aromatic nitrogens is 2. The zero-order chi connectivity index (χ0) is 31.6. The number of alkyl carbamates (subject to hydrolysis) is 1. The highest BCUT2D eigenvalue weighted by molar-refractivity contribution is 6.31. The van der Waals surface area contributed by atoms with Crippen LogP contribution >= 0.6 is 11.6 Å². The highest BCUT2D eigenvalue weighted by Crippen LogP contribution is 2.45. The quantitative estimate of drug-likeness (QED) is 0.426. The lowest BCUT2D eigenvalue weighted by atomic mass is 10.0. The standard InChI is InChI=1S/C31H38ClN5O7/c1-30(2,3)44-29(42)35-22-14-8-6-4-5-7-11-18-16-31(18,28(40)41)36-25(38)23-15-19(17-37(23)27(22)39)43-26-24(32)33-20-12-9-10-13-21(20)34-26/h7,9-13,18-19,22-23H,4-6,8,14-17H2,1-3H3,(H,35,42)(H,36,38)(H,40,41)/b11-7-. The van der Waals surface area contributed by atoms with Gasteiger partial charge in [-0.1, -0.05) is 48.7 Å². The molecule has 3 amide bonds. The number of ether oxygens (including phenoxy) is 2. The number of nitrogens with one attached hydrogen (secondary N) is 2. The van der Waals surface area contributed by atoms with Crippen LogP contribution in [0.2, 0.25) is 5.15 Å². The van der Waals surface area contributed by atoms with Crippen LogP contribution in [-0.4, -0.2) is 79.7 Å². The maximum Gasteiger partial charge on any atom is 0.408 e. The van der Waals surface area contributed by atoms with Crippen molar-refractivity contribution >= 4 is 46.5 Å². The van der Waals surface area contributed by atoms with E-state index in [2.05, 4.69) is 20.6 Å². The lowest BCUT2D eigenvalue weighted by Crippen LogP contribution is -2.56. The van der Waals surface area contributed by atoms with Gasteiger partial charge < -0.3 is 30.1 Å². The number of fused-ring (bicyclic) bond motifs is 3. The van der Waals surface area contributed by atoms with E-state index in [4.69, 9.17) is 21.1 Å². The van der Waals surface area contributed by atoms with Gasteiger partial charge in [-0.25, -0.2) is 19.6 Å². The van der Waals surface area contributed by atoms with Crippen LogP contribution in [0.4, 0.5) is 4.79 Å². The van der Waals surface area contributed by atoms with Gasteiger partial charge in [0.1, 0.15) is 29.3 Å². The molecule has 2 aliphatic heterocycles. The van der Waals surface area contributed by atoms with E-state index >= 15 is 0 Å². The fraction of sp³-hybridized carbons (Fsp3) is 0.548. The van der Waals surface area contributed by atoms with Crippen LogP contribution in [0.5, 0.6) is 5.88 Å². The van der Waals surface area contributed by atoms with Crippen molar-refractivity contribution in [2.24, 2.45) is 5.92 Å². The number of carboxylic acid groups (broad SMARTS) is 1. The van der Waals surface area contributed by atoms with E-state index in [-0.39, 0.29) is 36.3 Å². The predicted octanol–water partition coefficient (Wildman–Crippen LogP) is 4.00. The first-order valence-corrected chi connectivity index (χ1v) is 15.3. The van der Waals surface area contributed by atoms with Crippen molar-refractivity contribution in [3.8, 4) is 5.88 Å². The summed E-state index contributed by atoms with van der Waals surface area (Å²) in [5.41, 5.74) is -1.07. The Morgan fingerprint density at radius 2 is 1.86 bits per heavy atom. The van der Waals surface area contributed by atoms with Crippen molar-refractivity contribution < 1.29 is 33.8 Å². The summed E-state index contributed by atoms with van der Waals surface area (Å²) in [5.74, 6) is -2.51. The Balaban J connectivity index is 1.44. The van der Waals surface area contributed by atoms with Crippen molar-refractivity contribution in [3.05, 3.63) is 41.6 Å². The van der Waals surface area contributed by atoms with E-state index in [9.17, 15) is 24.3 Å². The normalized spacial score (nSPS) is 28.5. The number of allylic oxidation sites excluding steroid dienone is 1. The van der Waals surface area contributed by atoms with Crippen LogP contribution in [0.15, 0.2) is 36.4 Å². The van der Waals surface area contributed by atoms with Gasteiger partial charge in [-0.15, -0.1) is 0 Å². The smallest absolute Gasteiger partial charge is 0.408 e. The molecule has 1 saturated heterocycles. The number of halogens is 1. The monoisotopic (exact) mass is 627 g/mol. The van der Waals surface area contributed by atoms with E-state index in [1.54, 1.807) is 39.0 Å². The second kappa shape index (κ2) is 12.6. The van der Waals surface area contributed by atoms with E-state index in [1.807, 2.05) is 18.2 Å². The number of carbonyl (C=O) groups excluding carboxylic acids is 3. The summed E-state index contributed by atoms with van der Waals surface area (Å²) in [5, 5.41) is 15.5. The fourth-order valence-corrected chi connectivity index (χ4v) is 5.97. The third kappa shape index (κ3) is 7.06. The summed E-state index contributed by atoms with van der Waals surface area (Å²) in [7, 11) is 0. The first-order valence-electron chi connectivity index (χ1n) is 15.0. The first kappa shape index (κ1) is 31.5. The SMILES string of the molecule is CC(C)(C)OC(=O)NC1CCCCC/C=C\C2CC2(C(=O)O)NC(=O)C2CC(Oc3nc4ccccc4nc3Cl)CN2C1=O. The molecule has 5 unspecified atom stereocenters. The number of carboxylic acids is 1. The van der Waals surface area contributed by atoms with Crippen molar-refractivity contribution in [1.82, 2.24) is 25.5 Å². The van der Waals surface area contributed by atoms with Crippen LogP contribution in [0, 0.1) is 5.92 Å². The highest BCUT2D eigenvalue weighted by atomic mass is 35.5. The number of amides is 3. The average molecular weight is 628 g/mol.